The Kier molecular flexibility index (Phi) is 4.19. The number of ether oxygens (including phenoxy) is 1. The van der Waals surface area contributed by atoms with Crippen molar-refractivity contribution < 1.29 is 14.3 Å². The largest absolute Gasteiger partial charge is 0.379 e. The summed E-state index contributed by atoms with van der Waals surface area (Å²) in [5.41, 5.74) is 5.86. The Bertz CT molecular complexity index is 335. The first-order chi connectivity index (χ1) is 8.58. The van der Waals surface area contributed by atoms with Gasteiger partial charge in [0.15, 0.2) is 0 Å². The second kappa shape index (κ2) is 5.67. The first-order valence-corrected chi connectivity index (χ1v) is 6.47. The summed E-state index contributed by atoms with van der Waals surface area (Å²) in [5, 5.41) is 2.87. The highest BCUT2D eigenvalue weighted by atomic mass is 16.5. The van der Waals surface area contributed by atoms with E-state index < -0.39 is 0 Å². The summed E-state index contributed by atoms with van der Waals surface area (Å²) in [4.78, 5) is 25.1. The Morgan fingerprint density at radius 3 is 2.78 bits per heavy atom. The van der Waals surface area contributed by atoms with Gasteiger partial charge in [-0.2, -0.15) is 0 Å². The summed E-state index contributed by atoms with van der Waals surface area (Å²) in [5.74, 6) is -0.202. The highest BCUT2D eigenvalue weighted by molar-refractivity contribution is 5.80. The molecule has 2 aliphatic heterocycles. The molecule has 0 aromatic rings. The van der Waals surface area contributed by atoms with Gasteiger partial charge in [-0.25, -0.2) is 0 Å². The zero-order chi connectivity index (χ0) is 13.1. The van der Waals surface area contributed by atoms with Crippen LogP contribution in [-0.2, 0) is 14.3 Å². The van der Waals surface area contributed by atoms with E-state index in [-0.39, 0.29) is 29.8 Å². The number of nitrogens with two attached hydrogens (primary N) is 1. The van der Waals surface area contributed by atoms with Gasteiger partial charge in [-0.3, -0.25) is 9.59 Å². The number of carbonyl (C=O) groups is 2. The van der Waals surface area contributed by atoms with E-state index in [1.54, 1.807) is 0 Å². The molecular weight excluding hydrogens is 234 g/mol. The average molecular weight is 255 g/mol. The Balaban J connectivity index is 1.91. The van der Waals surface area contributed by atoms with E-state index in [1.807, 2.05) is 4.90 Å². The summed E-state index contributed by atoms with van der Waals surface area (Å²) >= 11 is 0. The zero-order valence-corrected chi connectivity index (χ0v) is 10.7. The van der Waals surface area contributed by atoms with E-state index in [4.69, 9.17) is 10.5 Å². The van der Waals surface area contributed by atoms with Gasteiger partial charge >= 0.3 is 0 Å². The van der Waals surface area contributed by atoms with Crippen molar-refractivity contribution in [1.82, 2.24) is 10.2 Å². The van der Waals surface area contributed by atoms with Crippen molar-refractivity contribution in [2.45, 2.75) is 31.8 Å². The number of piperidine rings is 1. The van der Waals surface area contributed by atoms with Gasteiger partial charge in [0.05, 0.1) is 19.1 Å². The third-order valence-corrected chi connectivity index (χ3v) is 3.58. The van der Waals surface area contributed by atoms with Crippen molar-refractivity contribution >= 4 is 11.8 Å². The van der Waals surface area contributed by atoms with Gasteiger partial charge < -0.3 is 20.7 Å². The number of nitrogens with one attached hydrogen (secondary N) is 1. The van der Waals surface area contributed by atoms with E-state index in [0.29, 0.717) is 19.8 Å². The van der Waals surface area contributed by atoms with Crippen LogP contribution in [0.1, 0.15) is 19.8 Å². The molecule has 0 bridgehead atoms. The Morgan fingerprint density at radius 2 is 2.17 bits per heavy atom. The molecule has 2 aliphatic rings. The predicted octanol–water partition coefficient (Wildman–Crippen LogP) is -0.913. The van der Waals surface area contributed by atoms with Gasteiger partial charge in [-0.15, -0.1) is 0 Å². The maximum absolute atomic E-state index is 12.3. The smallest absolute Gasteiger partial charge is 0.229 e. The molecule has 0 aromatic heterocycles. The fourth-order valence-corrected chi connectivity index (χ4v) is 2.64. The van der Waals surface area contributed by atoms with E-state index >= 15 is 0 Å². The van der Waals surface area contributed by atoms with Gasteiger partial charge in [0, 0.05) is 32.1 Å². The molecular formula is C12H21N3O3. The molecule has 6 heteroatoms. The lowest BCUT2D eigenvalue weighted by Gasteiger charge is -2.34. The Morgan fingerprint density at radius 1 is 1.39 bits per heavy atom. The minimum Gasteiger partial charge on any atom is -0.379 e. The van der Waals surface area contributed by atoms with Crippen LogP contribution in [0.5, 0.6) is 0 Å². The standard InChI is InChI=1S/C12H21N3O3/c1-8(16)14-9-3-2-4-15(5-9)12(17)10-6-18-7-11(10)13/h9-11H,2-7,13H2,1H3,(H,14,16). The lowest BCUT2D eigenvalue weighted by Crippen LogP contribution is -2.52. The van der Waals surface area contributed by atoms with Gasteiger partial charge in [0.2, 0.25) is 11.8 Å². The van der Waals surface area contributed by atoms with Crippen LogP contribution in [0.4, 0.5) is 0 Å². The van der Waals surface area contributed by atoms with E-state index in [2.05, 4.69) is 5.32 Å². The summed E-state index contributed by atoms with van der Waals surface area (Å²) < 4.78 is 5.23. The van der Waals surface area contributed by atoms with Crippen molar-refractivity contribution in [2.75, 3.05) is 26.3 Å². The summed E-state index contributed by atoms with van der Waals surface area (Å²) in [6.45, 7) is 3.71. The summed E-state index contributed by atoms with van der Waals surface area (Å²) in [6.07, 6.45) is 1.84. The van der Waals surface area contributed by atoms with Crippen molar-refractivity contribution in [2.24, 2.45) is 11.7 Å². The molecule has 6 nitrogen and oxygen atoms in total. The lowest BCUT2D eigenvalue weighted by atomic mass is 9.99. The van der Waals surface area contributed by atoms with Gasteiger partial charge in [-0.1, -0.05) is 0 Å². The lowest BCUT2D eigenvalue weighted by molar-refractivity contribution is -0.137. The molecule has 2 rings (SSSR count). The highest BCUT2D eigenvalue weighted by Gasteiger charge is 2.36. The Hall–Kier alpha value is -1.14. The SMILES string of the molecule is CC(=O)NC1CCCN(C(=O)C2COCC2N)C1. The maximum atomic E-state index is 12.3. The molecule has 2 heterocycles. The first kappa shape index (κ1) is 13.3. The third kappa shape index (κ3) is 3.00. The van der Waals surface area contributed by atoms with Crippen LogP contribution in [0.25, 0.3) is 0 Å². The van der Waals surface area contributed by atoms with Gasteiger partial charge in [0.1, 0.15) is 0 Å². The van der Waals surface area contributed by atoms with Gasteiger partial charge in [0.25, 0.3) is 0 Å². The molecule has 0 spiro atoms. The van der Waals surface area contributed by atoms with Crippen LogP contribution < -0.4 is 11.1 Å². The number of rotatable bonds is 2. The number of carbonyl (C=O) groups excluding carboxylic acids is 2. The number of likely N-dealkylation sites (tertiary alicyclic amines) is 1. The first-order valence-electron chi connectivity index (χ1n) is 6.47. The van der Waals surface area contributed by atoms with E-state index in [9.17, 15) is 9.59 Å². The van der Waals surface area contributed by atoms with E-state index in [0.717, 1.165) is 19.4 Å². The number of nitrogens with zero attached hydrogens (tertiary/aromatic N) is 1. The van der Waals surface area contributed by atoms with Crippen LogP contribution in [-0.4, -0.2) is 55.1 Å². The number of amides is 2. The highest BCUT2D eigenvalue weighted by Crippen LogP contribution is 2.18. The monoisotopic (exact) mass is 255 g/mol. The molecule has 102 valence electrons. The second-order valence-corrected chi connectivity index (χ2v) is 5.13. The zero-order valence-electron chi connectivity index (χ0n) is 10.7. The van der Waals surface area contributed by atoms with Crippen molar-refractivity contribution in [3.63, 3.8) is 0 Å². The quantitative estimate of drug-likeness (QED) is 0.669. The third-order valence-electron chi connectivity index (χ3n) is 3.58. The number of hydrogen-bond acceptors (Lipinski definition) is 4. The molecule has 3 atom stereocenters. The minimum absolute atomic E-state index is 0.0461. The molecule has 18 heavy (non-hydrogen) atoms. The molecule has 2 saturated heterocycles. The van der Waals surface area contributed by atoms with E-state index in [1.165, 1.54) is 6.92 Å². The normalized spacial score (nSPS) is 32.3. The summed E-state index contributed by atoms with van der Waals surface area (Å²) in [6, 6.07) is -0.127. The molecule has 0 saturated carbocycles. The molecule has 0 aromatic carbocycles. The predicted molar refractivity (Wildman–Crippen MR) is 65.7 cm³/mol. The van der Waals surface area contributed by atoms with Crippen LogP contribution >= 0.6 is 0 Å². The molecule has 0 aliphatic carbocycles. The molecule has 3 unspecified atom stereocenters. The fourth-order valence-electron chi connectivity index (χ4n) is 2.64. The number of hydrogen-bond donors (Lipinski definition) is 2. The van der Waals surface area contributed by atoms with Crippen LogP contribution in [0.2, 0.25) is 0 Å². The molecule has 2 amide bonds. The maximum Gasteiger partial charge on any atom is 0.229 e. The molecule has 2 fully saturated rings. The van der Waals surface area contributed by atoms with Crippen LogP contribution in [0.15, 0.2) is 0 Å². The van der Waals surface area contributed by atoms with Crippen LogP contribution in [0.3, 0.4) is 0 Å². The van der Waals surface area contributed by atoms with Crippen molar-refractivity contribution in [3.05, 3.63) is 0 Å². The topological polar surface area (TPSA) is 84.7 Å². The fraction of sp³-hybridized carbons (Fsp3) is 0.833. The molecule has 3 N–H and O–H groups in total. The van der Waals surface area contributed by atoms with Crippen molar-refractivity contribution in [3.8, 4) is 0 Å². The molecule has 0 radical (unpaired) electrons. The van der Waals surface area contributed by atoms with Gasteiger partial charge in [-0.05, 0) is 12.8 Å². The average Bonchev–Trinajstić information content (AvgIpc) is 2.74. The summed E-state index contributed by atoms with van der Waals surface area (Å²) in [7, 11) is 0. The second-order valence-electron chi connectivity index (χ2n) is 5.13. The minimum atomic E-state index is -0.221. The van der Waals surface area contributed by atoms with Crippen molar-refractivity contribution in [1.29, 1.82) is 0 Å². The Labute approximate surface area is 107 Å². The van der Waals surface area contributed by atoms with Crippen LogP contribution in [0, 0.1) is 5.92 Å².